The molecular weight excluding hydrogens is 388 g/mol. The Morgan fingerprint density at radius 3 is 1.69 bits per heavy atom. The van der Waals surface area contributed by atoms with E-state index in [9.17, 15) is 0 Å². The van der Waals surface area contributed by atoms with Crippen LogP contribution < -0.4 is 0 Å². The molecule has 0 heterocycles. The largest absolute Gasteiger partial charge is 0.348 e. The van der Waals surface area contributed by atoms with Crippen LogP contribution in [0.4, 0.5) is 0 Å². The number of nitrogens with zero attached hydrogens (tertiary/aromatic N) is 2. The van der Waals surface area contributed by atoms with Crippen LogP contribution in [0.3, 0.4) is 0 Å². The van der Waals surface area contributed by atoms with Gasteiger partial charge in [-0.1, -0.05) is 95.0 Å². The predicted octanol–water partition coefficient (Wildman–Crippen LogP) is 8.60. The van der Waals surface area contributed by atoms with Crippen molar-refractivity contribution in [3.05, 3.63) is 87.5 Å². The van der Waals surface area contributed by atoms with Crippen molar-refractivity contribution >= 4 is 11.4 Å². The predicted molar refractivity (Wildman–Crippen MR) is 138 cm³/mol. The van der Waals surface area contributed by atoms with Crippen LogP contribution in [-0.2, 0) is 12.8 Å². The van der Waals surface area contributed by atoms with Gasteiger partial charge in [-0.3, -0.25) is 0 Å². The molecule has 2 nitrogen and oxygen atoms in total. The third-order valence-corrected chi connectivity index (χ3v) is 6.13. The summed E-state index contributed by atoms with van der Waals surface area (Å²) in [5.74, 6) is 2.80. The summed E-state index contributed by atoms with van der Waals surface area (Å²) in [7, 11) is 0. The first-order valence-electron chi connectivity index (χ1n) is 12.5. The molecule has 170 valence electrons. The molecule has 0 aliphatic heterocycles. The van der Waals surface area contributed by atoms with Crippen molar-refractivity contribution in [3.8, 4) is 0 Å². The molecule has 0 bridgehead atoms. The molecule has 0 aromatic heterocycles. The highest BCUT2D eigenvalue weighted by Crippen LogP contribution is 2.33. The van der Waals surface area contributed by atoms with Crippen LogP contribution in [0, 0.1) is 0 Å². The number of hydrogen-bond donors (Lipinski definition) is 0. The van der Waals surface area contributed by atoms with Gasteiger partial charge < -0.3 is 5.53 Å². The molecule has 0 aliphatic carbocycles. The molecule has 2 aromatic carbocycles. The highest BCUT2D eigenvalue weighted by Gasteiger charge is 2.15. The standard InChI is InChI=1S/C30H40N2/c1-5-8-11-13-26-17-21-28(22-18-26)30(29(14-10-7-3)24(4)23-32-31)27-19-15-25(16-20-27)12-9-6-2/h15-22H,5-14H2,1-4H3. The average molecular weight is 429 g/mol. The van der Waals surface area contributed by atoms with E-state index in [2.05, 4.69) is 80.0 Å². The number of allylic oxidation sites excluding steroid dienone is 2. The van der Waals surface area contributed by atoms with Crippen molar-refractivity contribution in [3.63, 3.8) is 0 Å². The van der Waals surface area contributed by atoms with Gasteiger partial charge in [-0.15, -0.1) is 4.79 Å². The molecule has 0 saturated carbocycles. The van der Waals surface area contributed by atoms with E-state index >= 15 is 0 Å². The van der Waals surface area contributed by atoms with Crippen LogP contribution in [0.15, 0.2) is 59.7 Å². The summed E-state index contributed by atoms with van der Waals surface area (Å²) in [5, 5.41) is 0. The lowest BCUT2D eigenvalue weighted by molar-refractivity contribution is 0.00753. The van der Waals surface area contributed by atoms with Crippen LogP contribution in [0.1, 0.15) is 101 Å². The zero-order valence-electron chi connectivity index (χ0n) is 20.6. The van der Waals surface area contributed by atoms with Gasteiger partial charge in [-0.05, 0) is 78.8 Å². The van der Waals surface area contributed by atoms with E-state index in [0.717, 1.165) is 37.7 Å². The highest BCUT2D eigenvalue weighted by molar-refractivity contribution is 5.86. The second kappa shape index (κ2) is 14.4. The topological polar surface area (TPSA) is 36.4 Å². The molecular formula is C30H40N2. The van der Waals surface area contributed by atoms with E-state index in [1.54, 1.807) is 0 Å². The fourth-order valence-electron chi connectivity index (χ4n) is 4.15. The summed E-state index contributed by atoms with van der Waals surface area (Å²) < 4.78 is 0. The number of rotatable bonds is 13. The number of benzene rings is 2. The molecule has 0 amide bonds. The minimum Gasteiger partial charge on any atom is -0.348 e. The van der Waals surface area contributed by atoms with Crippen LogP contribution in [0.25, 0.3) is 11.1 Å². The maximum absolute atomic E-state index is 9.16. The first-order valence-corrected chi connectivity index (χ1v) is 12.5. The smallest absolute Gasteiger partial charge is 0.303 e. The summed E-state index contributed by atoms with van der Waals surface area (Å²) >= 11 is 0. The summed E-state index contributed by atoms with van der Waals surface area (Å²) in [6.07, 6.45) is 11.6. The molecule has 0 atom stereocenters. The molecule has 0 N–H and O–H groups in total. The third-order valence-electron chi connectivity index (χ3n) is 6.13. The Morgan fingerprint density at radius 1 is 0.719 bits per heavy atom. The Balaban J connectivity index is 2.55. The number of hydrogen-bond acceptors (Lipinski definition) is 0. The minimum absolute atomic E-state index is 0.901. The maximum atomic E-state index is 9.16. The van der Waals surface area contributed by atoms with Gasteiger partial charge in [0.05, 0.1) is 5.57 Å². The zero-order chi connectivity index (χ0) is 23.2. The Hall–Kier alpha value is -2.66. The molecule has 0 aliphatic rings. The average Bonchev–Trinajstić information content (AvgIpc) is 2.82. The van der Waals surface area contributed by atoms with Crippen molar-refractivity contribution in [1.82, 2.24) is 0 Å². The van der Waals surface area contributed by atoms with E-state index < -0.39 is 0 Å². The summed E-state index contributed by atoms with van der Waals surface area (Å²) in [6.45, 7) is 8.69. The van der Waals surface area contributed by atoms with E-state index in [1.807, 2.05) is 6.92 Å². The molecule has 2 heteroatoms. The number of aryl methyl sites for hydroxylation is 2. The third kappa shape index (κ3) is 7.79. The highest BCUT2D eigenvalue weighted by atomic mass is 14.8. The van der Waals surface area contributed by atoms with Crippen LogP contribution in [0.5, 0.6) is 0 Å². The SMILES string of the molecule is CCCCCc1ccc(C(=C(CCCC)C(C)=C=[N+]=[N-])c2ccc(CCCC)cc2)cc1. The lowest BCUT2D eigenvalue weighted by atomic mass is 9.86. The summed E-state index contributed by atoms with van der Waals surface area (Å²) in [5.41, 5.74) is 17.7. The van der Waals surface area contributed by atoms with E-state index in [1.165, 1.54) is 65.5 Å². The van der Waals surface area contributed by atoms with E-state index in [-0.39, 0.29) is 0 Å². The lowest BCUT2D eigenvalue weighted by Crippen LogP contribution is -1.99. The second-order valence-corrected chi connectivity index (χ2v) is 8.75. The van der Waals surface area contributed by atoms with Gasteiger partial charge in [0, 0.05) is 0 Å². The molecule has 0 radical (unpaired) electrons. The Morgan fingerprint density at radius 2 is 1.22 bits per heavy atom. The molecule has 32 heavy (non-hydrogen) atoms. The van der Waals surface area contributed by atoms with Gasteiger partial charge in [-0.25, -0.2) is 0 Å². The monoisotopic (exact) mass is 428 g/mol. The van der Waals surface area contributed by atoms with Gasteiger partial charge in [0.15, 0.2) is 0 Å². The van der Waals surface area contributed by atoms with Crippen LogP contribution in [0.2, 0.25) is 0 Å². The molecule has 0 unspecified atom stereocenters. The van der Waals surface area contributed by atoms with E-state index in [0.29, 0.717) is 0 Å². The first-order chi connectivity index (χ1) is 15.6. The minimum atomic E-state index is 0.901. The van der Waals surface area contributed by atoms with Gasteiger partial charge in [0.1, 0.15) is 0 Å². The lowest BCUT2D eigenvalue weighted by Gasteiger charge is -2.17. The second-order valence-electron chi connectivity index (χ2n) is 8.75. The molecule has 2 aromatic rings. The van der Waals surface area contributed by atoms with Crippen molar-refractivity contribution in [1.29, 1.82) is 0 Å². The fourth-order valence-corrected chi connectivity index (χ4v) is 4.15. The van der Waals surface area contributed by atoms with Crippen molar-refractivity contribution in [2.45, 2.75) is 91.9 Å². The van der Waals surface area contributed by atoms with Gasteiger partial charge in [-0.2, -0.15) is 0 Å². The Bertz CT molecular complexity index is 935. The fraction of sp³-hybridized carbons (Fsp3) is 0.467. The first kappa shape index (κ1) is 25.6. The molecule has 0 saturated heterocycles. The Kier molecular flexibility index (Phi) is 11.5. The van der Waals surface area contributed by atoms with Gasteiger partial charge in [0.2, 0.25) is 0 Å². The molecule has 0 spiro atoms. The zero-order valence-corrected chi connectivity index (χ0v) is 20.6. The quantitative estimate of drug-likeness (QED) is 0.101. The van der Waals surface area contributed by atoms with Crippen LogP contribution in [-0.4, -0.2) is 10.7 Å². The van der Waals surface area contributed by atoms with Gasteiger partial charge >= 0.3 is 5.87 Å². The molecule has 0 fully saturated rings. The van der Waals surface area contributed by atoms with Crippen molar-refractivity contribution < 1.29 is 4.79 Å². The maximum Gasteiger partial charge on any atom is 0.303 e. The molecule has 2 rings (SSSR count). The van der Waals surface area contributed by atoms with Crippen molar-refractivity contribution in [2.24, 2.45) is 0 Å². The normalized spacial score (nSPS) is 11.5. The summed E-state index contributed by atoms with van der Waals surface area (Å²) in [6, 6.07) is 18.1. The summed E-state index contributed by atoms with van der Waals surface area (Å²) in [4.78, 5) is 3.22. The van der Waals surface area contributed by atoms with Gasteiger partial charge in [0.25, 0.3) is 0 Å². The van der Waals surface area contributed by atoms with Crippen LogP contribution >= 0.6 is 0 Å². The van der Waals surface area contributed by atoms with Crippen molar-refractivity contribution in [2.75, 3.05) is 0 Å². The number of unbranched alkanes of at least 4 members (excludes halogenated alkanes) is 4. The Labute approximate surface area is 195 Å². The van der Waals surface area contributed by atoms with E-state index in [4.69, 9.17) is 5.53 Å².